The number of aromatic nitrogens is 2. The molecule has 4 rings (SSSR count). The zero-order valence-electron chi connectivity index (χ0n) is 16.1. The Hall–Kier alpha value is -2.70. The average Bonchev–Trinajstić information content (AvgIpc) is 3.12. The molecule has 3 aromatic rings. The van der Waals surface area contributed by atoms with E-state index in [0.717, 1.165) is 29.7 Å². The Kier molecular flexibility index (Phi) is 4.91. The third-order valence-electron chi connectivity index (χ3n) is 5.18. The molecule has 3 heterocycles. The first kappa shape index (κ1) is 18.7. The molecule has 0 radical (unpaired) electrons. The molecule has 146 valence electrons. The van der Waals surface area contributed by atoms with Gasteiger partial charge >= 0.3 is 0 Å². The maximum absolute atomic E-state index is 12.7. The fraction of sp³-hybridized carbons (Fsp3) is 0.364. The molecule has 0 saturated carbocycles. The number of pyridine rings is 1. The van der Waals surface area contributed by atoms with Gasteiger partial charge in [0.15, 0.2) is 0 Å². The lowest BCUT2D eigenvalue weighted by molar-refractivity contribution is -0.114. The first-order chi connectivity index (χ1) is 13.4. The van der Waals surface area contributed by atoms with Gasteiger partial charge in [0.05, 0.1) is 35.6 Å². The lowest BCUT2D eigenvalue weighted by atomic mass is 9.93. The molecule has 1 aromatic carbocycles. The molecule has 6 nitrogen and oxygen atoms in total. The van der Waals surface area contributed by atoms with E-state index in [2.05, 4.69) is 10.3 Å². The zero-order valence-corrected chi connectivity index (χ0v) is 16.1. The van der Waals surface area contributed by atoms with Crippen LogP contribution in [0, 0.1) is 0 Å². The van der Waals surface area contributed by atoms with Gasteiger partial charge < -0.3 is 19.6 Å². The van der Waals surface area contributed by atoms with Crippen molar-refractivity contribution in [1.29, 1.82) is 0 Å². The summed E-state index contributed by atoms with van der Waals surface area (Å²) in [5, 5.41) is 13.1. The molecule has 1 amide bonds. The van der Waals surface area contributed by atoms with E-state index in [0.29, 0.717) is 12.2 Å². The number of imidazole rings is 1. The second-order valence-corrected chi connectivity index (χ2v) is 7.90. The molecular weight excluding hydrogens is 354 g/mol. The fourth-order valence-corrected chi connectivity index (χ4v) is 3.57. The topological polar surface area (TPSA) is 75.9 Å². The van der Waals surface area contributed by atoms with Crippen LogP contribution in [0.15, 0.2) is 54.9 Å². The predicted octanol–water partition coefficient (Wildman–Crippen LogP) is 3.05. The number of fused-ring (bicyclic) bond motifs is 1. The minimum Gasteiger partial charge on any atom is -0.388 e. The van der Waals surface area contributed by atoms with Gasteiger partial charge in [0.1, 0.15) is 5.65 Å². The van der Waals surface area contributed by atoms with Gasteiger partial charge in [-0.2, -0.15) is 0 Å². The minimum absolute atomic E-state index is 0.0514. The van der Waals surface area contributed by atoms with Crippen LogP contribution in [0.5, 0.6) is 0 Å². The Labute approximate surface area is 164 Å². The summed E-state index contributed by atoms with van der Waals surface area (Å²) in [4.78, 5) is 17.3. The number of rotatable bonds is 4. The summed E-state index contributed by atoms with van der Waals surface area (Å²) in [6.45, 7) is 3.91. The first-order valence-corrected chi connectivity index (χ1v) is 9.59. The Morgan fingerprint density at radius 3 is 2.64 bits per heavy atom. The largest absolute Gasteiger partial charge is 0.388 e. The summed E-state index contributed by atoms with van der Waals surface area (Å²) in [5.41, 5.74) is 2.42. The Morgan fingerprint density at radius 1 is 1.18 bits per heavy atom. The van der Waals surface area contributed by atoms with E-state index in [1.165, 1.54) is 0 Å². The maximum atomic E-state index is 12.7. The van der Waals surface area contributed by atoms with Crippen LogP contribution in [0.3, 0.4) is 0 Å². The second kappa shape index (κ2) is 7.37. The number of carbonyl (C=O) groups is 1. The quantitative estimate of drug-likeness (QED) is 0.731. The molecule has 28 heavy (non-hydrogen) atoms. The highest BCUT2D eigenvalue weighted by atomic mass is 16.5. The Morgan fingerprint density at radius 2 is 1.96 bits per heavy atom. The lowest BCUT2D eigenvalue weighted by Crippen LogP contribution is -2.48. The maximum Gasteiger partial charge on any atom is 0.253 e. The summed E-state index contributed by atoms with van der Waals surface area (Å²) in [6.07, 6.45) is 5.03. The van der Waals surface area contributed by atoms with Gasteiger partial charge in [0, 0.05) is 18.0 Å². The number of carbonyl (C=O) groups excluding carboxylic acids is 1. The summed E-state index contributed by atoms with van der Waals surface area (Å²) < 4.78 is 7.61. The van der Waals surface area contributed by atoms with Crippen molar-refractivity contribution >= 4 is 11.6 Å². The molecule has 2 N–H and O–H groups in total. The standard InChI is InChI=1S/C22H25N3O3/c1-22(2,27)19-10-9-17(14-28-19)23-21(26)16-8-11-20-24-18(13-25(20)12-16)15-6-4-3-5-7-15/h3-8,11-13,17,19,27H,9-10,14H2,1-2H3,(H,23,26)/t17-,19+/m1/s1. The first-order valence-electron chi connectivity index (χ1n) is 9.59. The average molecular weight is 379 g/mol. The lowest BCUT2D eigenvalue weighted by Gasteiger charge is -2.36. The molecule has 2 atom stereocenters. The summed E-state index contributed by atoms with van der Waals surface area (Å²) >= 11 is 0. The van der Waals surface area contributed by atoms with Crippen molar-refractivity contribution in [3.63, 3.8) is 0 Å². The van der Waals surface area contributed by atoms with Crippen LogP contribution < -0.4 is 5.32 Å². The zero-order chi connectivity index (χ0) is 19.7. The molecule has 1 saturated heterocycles. The van der Waals surface area contributed by atoms with Crippen LogP contribution in [-0.4, -0.2) is 44.8 Å². The van der Waals surface area contributed by atoms with Crippen LogP contribution >= 0.6 is 0 Å². The third kappa shape index (κ3) is 3.93. The highest BCUT2D eigenvalue weighted by molar-refractivity contribution is 5.94. The summed E-state index contributed by atoms with van der Waals surface area (Å²) in [6, 6.07) is 13.5. The van der Waals surface area contributed by atoms with Gasteiger partial charge in [-0.05, 0) is 38.8 Å². The monoisotopic (exact) mass is 379 g/mol. The number of benzene rings is 1. The fourth-order valence-electron chi connectivity index (χ4n) is 3.57. The molecule has 2 aromatic heterocycles. The predicted molar refractivity (Wildman–Crippen MR) is 107 cm³/mol. The van der Waals surface area contributed by atoms with Crippen molar-refractivity contribution in [3.8, 4) is 11.3 Å². The SMILES string of the molecule is CC(C)(O)[C@@H]1CC[C@@H](NC(=O)c2ccc3nc(-c4ccccc4)cn3c2)CO1. The second-order valence-electron chi connectivity index (χ2n) is 7.90. The van der Waals surface area contributed by atoms with E-state index in [1.807, 2.05) is 47.0 Å². The van der Waals surface area contributed by atoms with Crippen LogP contribution in [0.25, 0.3) is 16.9 Å². The van der Waals surface area contributed by atoms with E-state index < -0.39 is 5.60 Å². The molecule has 0 unspecified atom stereocenters. The van der Waals surface area contributed by atoms with Crippen molar-refractivity contribution in [2.45, 2.75) is 44.4 Å². The van der Waals surface area contributed by atoms with Gasteiger partial charge in [-0.25, -0.2) is 4.98 Å². The van der Waals surface area contributed by atoms with Crippen molar-refractivity contribution in [2.75, 3.05) is 6.61 Å². The molecule has 0 aliphatic carbocycles. The molecule has 6 heteroatoms. The highest BCUT2D eigenvalue weighted by Crippen LogP contribution is 2.23. The molecule has 0 spiro atoms. The van der Waals surface area contributed by atoms with Crippen LogP contribution in [0.4, 0.5) is 0 Å². The minimum atomic E-state index is -0.863. The van der Waals surface area contributed by atoms with Gasteiger partial charge in [0.2, 0.25) is 0 Å². The molecule has 0 bridgehead atoms. The smallest absolute Gasteiger partial charge is 0.253 e. The van der Waals surface area contributed by atoms with E-state index >= 15 is 0 Å². The van der Waals surface area contributed by atoms with E-state index in [4.69, 9.17) is 4.74 Å². The normalized spacial score (nSPS) is 20.2. The Bertz CT molecular complexity index is 968. The third-order valence-corrected chi connectivity index (χ3v) is 5.18. The van der Waals surface area contributed by atoms with Crippen molar-refractivity contribution in [1.82, 2.24) is 14.7 Å². The number of ether oxygens (including phenoxy) is 1. The number of nitrogens with zero attached hydrogens (tertiary/aromatic N) is 2. The molecule has 1 fully saturated rings. The van der Waals surface area contributed by atoms with E-state index in [-0.39, 0.29) is 18.1 Å². The Balaban J connectivity index is 1.45. The van der Waals surface area contributed by atoms with Gasteiger partial charge in [0.25, 0.3) is 5.91 Å². The van der Waals surface area contributed by atoms with E-state index in [1.54, 1.807) is 26.1 Å². The summed E-state index contributed by atoms with van der Waals surface area (Å²) in [7, 11) is 0. The number of nitrogens with one attached hydrogen (secondary N) is 1. The molecule has 1 aliphatic heterocycles. The number of amides is 1. The highest BCUT2D eigenvalue weighted by Gasteiger charge is 2.32. The van der Waals surface area contributed by atoms with Crippen molar-refractivity contribution in [2.24, 2.45) is 0 Å². The number of hydrogen-bond acceptors (Lipinski definition) is 4. The molecule has 1 aliphatic rings. The number of hydrogen-bond donors (Lipinski definition) is 2. The van der Waals surface area contributed by atoms with Gasteiger partial charge in [-0.15, -0.1) is 0 Å². The van der Waals surface area contributed by atoms with E-state index in [9.17, 15) is 9.90 Å². The van der Waals surface area contributed by atoms with Crippen LogP contribution in [0.2, 0.25) is 0 Å². The van der Waals surface area contributed by atoms with Gasteiger partial charge in [-0.3, -0.25) is 4.79 Å². The van der Waals surface area contributed by atoms with Crippen molar-refractivity contribution in [3.05, 3.63) is 60.4 Å². The molecular formula is C22H25N3O3. The van der Waals surface area contributed by atoms with Gasteiger partial charge in [-0.1, -0.05) is 30.3 Å². The van der Waals surface area contributed by atoms with Crippen molar-refractivity contribution < 1.29 is 14.6 Å². The summed E-state index contributed by atoms with van der Waals surface area (Å²) in [5.74, 6) is -0.132. The number of aliphatic hydroxyl groups is 1. The van der Waals surface area contributed by atoms with Crippen LogP contribution in [-0.2, 0) is 4.74 Å². The van der Waals surface area contributed by atoms with Crippen LogP contribution in [0.1, 0.15) is 37.0 Å².